The molecule has 0 fully saturated rings. The van der Waals surface area contributed by atoms with Gasteiger partial charge in [0.05, 0.1) is 5.56 Å². The lowest BCUT2D eigenvalue weighted by molar-refractivity contribution is -0.119. The van der Waals surface area contributed by atoms with Crippen LogP contribution < -0.4 is 5.32 Å². The van der Waals surface area contributed by atoms with E-state index in [9.17, 15) is 24.5 Å². The minimum atomic E-state index is -1.61. The molecule has 4 N–H and O–H groups in total. The lowest BCUT2D eigenvalue weighted by Crippen LogP contribution is -2.34. The van der Waals surface area contributed by atoms with Gasteiger partial charge in [0.15, 0.2) is 0 Å². The number of carbonyl (C=O) groups is 1. The monoisotopic (exact) mass is 243 g/mol. The molecule has 17 heavy (non-hydrogen) atoms. The molecule has 94 valence electrons. The van der Waals surface area contributed by atoms with Crippen LogP contribution in [0.25, 0.3) is 0 Å². The molecule has 2 unspecified atom stereocenters. The lowest BCUT2D eigenvalue weighted by Gasteiger charge is -2.19. The molecule has 2 atom stereocenters. The van der Waals surface area contributed by atoms with E-state index in [1.165, 1.54) is 19.1 Å². The molecule has 0 saturated heterocycles. The summed E-state index contributed by atoms with van der Waals surface area (Å²) in [5.74, 6) is -1.65. The Bertz CT molecular complexity index is 390. The number of phenolic OH excluding ortho intramolecular Hbond substituents is 1. The summed E-state index contributed by atoms with van der Waals surface area (Å²) in [5, 5.41) is 30.9. The second-order valence-electron chi connectivity index (χ2n) is 3.62. The van der Waals surface area contributed by atoms with Crippen molar-refractivity contribution < 1.29 is 24.5 Å². The van der Waals surface area contributed by atoms with Gasteiger partial charge in [-0.2, -0.15) is 0 Å². The second-order valence-corrected chi connectivity index (χ2v) is 3.62. The second kappa shape index (κ2) is 5.60. The van der Waals surface area contributed by atoms with Gasteiger partial charge in [-0.3, -0.25) is 4.79 Å². The van der Waals surface area contributed by atoms with Crippen LogP contribution in [0.15, 0.2) is 18.2 Å². The number of phenols is 1. The zero-order valence-corrected chi connectivity index (χ0v) is 9.22. The minimum Gasteiger partial charge on any atom is -0.507 e. The number of halogens is 1. The molecule has 1 rings (SSSR count). The summed E-state index contributed by atoms with van der Waals surface area (Å²) >= 11 is 0. The van der Waals surface area contributed by atoms with E-state index in [2.05, 4.69) is 5.32 Å². The SMILES string of the molecule is CC(=O)NCC(O)C(O)c1c(O)cccc1F. The van der Waals surface area contributed by atoms with Crippen LogP contribution in [-0.2, 0) is 4.79 Å². The van der Waals surface area contributed by atoms with Crippen molar-refractivity contribution in [3.63, 3.8) is 0 Å². The number of rotatable bonds is 4. The summed E-state index contributed by atoms with van der Waals surface area (Å²) in [6, 6.07) is 3.54. The standard InChI is InChI=1S/C11H14FNO4/c1-6(14)13-5-9(16)11(17)10-7(12)3-2-4-8(10)15/h2-4,9,11,15-17H,5H2,1H3,(H,13,14). The first kappa shape index (κ1) is 13.4. The molecule has 0 heterocycles. The highest BCUT2D eigenvalue weighted by atomic mass is 19.1. The molecule has 1 amide bonds. The van der Waals surface area contributed by atoms with Crippen molar-refractivity contribution in [2.24, 2.45) is 0 Å². The van der Waals surface area contributed by atoms with E-state index in [1.54, 1.807) is 0 Å². The van der Waals surface area contributed by atoms with Crippen LogP contribution in [0.5, 0.6) is 5.75 Å². The Hall–Kier alpha value is -1.66. The topological polar surface area (TPSA) is 89.8 Å². The minimum absolute atomic E-state index is 0.232. The maximum atomic E-state index is 13.3. The van der Waals surface area contributed by atoms with Gasteiger partial charge in [0.2, 0.25) is 5.91 Å². The predicted octanol–water partition coefficient (Wildman–Crippen LogP) is 0.0617. The highest BCUT2D eigenvalue weighted by molar-refractivity contribution is 5.72. The molecule has 0 aliphatic carbocycles. The van der Waals surface area contributed by atoms with Crippen LogP contribution in [0.4, 0.5) is 4.39 Å². The summed E-state index contributed by atoms with van der Waals surface area (Å²) in [4.78, 5) is 10.6. The summed E-state index contributed by atoms with van der Waals surface area (Å²) in [5.41, 5.74) is -0.384. The third-order valence-electron chi connectivity index (χ3n) is 2.25. The number of aromatic hydroxyl groups is 1. The first-order chi connectivity index (χ1) is 7.93. The average molecular weight is 243 g/mol. The summed E-state index contributed by atoms with van der Waals surface area (Å²) in [6.45, 7) is 1.02. The summed E-state index contributed by atoms with van der Waals surface area (Å²) < 4.78 is 13.3. The molecule has 1 aromatic rings. The van der Waals surface area contributed by atoms with Gasteiger partial charge in [0.1, 0.15) is 23.8 Å². The van der Waals surface area contributed by atoms with E-state index < -0.39 is 23.8 Å². The van der Waals surface area contributed by atoms with Crippen molar-refractivity contribution in [3.8, 4) is 5.75 Å². The normalized spacial score (nSPS) is 14.1. The third-order valence-corrected chi connectivity index (χ3v) is 2.25. The Balaban J connectivity index is 2.81. The van der Waals surface area contributed by atoms with Gasteiger partial charge in [-0.15, -0.1) is 0 Å². The highest BCUT2D eigenvalue weighted by Crippen LogP contribution is 2.28. The molecular formula is C11H14FNO4. The van der Waals surface area contributed by atoms with Gasteiger partial charge in [-0.1, -0.05) is 6.07 Å². The Kier molecular flexibility index (Phi) is 4.42. The molecule has 5 nitrogen and oxygen atoms in total. The maximum Gasteiger partial charge on any atom is 0.216 e. The predicted molar refractivity (Wildman–Crippen MR) is 57.7 cm³/mol. The zero-order valence-electron chi connectivity index (χ0n) is 9.22. The number of carbonyl (C=O) groups excluding carboxylic acids is 1. The number of nitrogens with one attached hydrogen (secondary N) is 1. The number of benzene rings is 1. The number of hydrogen-bond donors (Lipinski definition) is 4. The van der Waals surface area contributed by atoms with Crippen LogP contribution >= 0.6 is 0 Å². The third kappa shape index (κ3) is 3.40. The van der Waals surface area contributed by atoms with Gasteiger partial charge in [-0.25, -0.2) is 4.39 Å². The first-order valence-electron chi connectivity index (χ1n) is 5.01. The van der Waals surface area contributed by atoms with Gasteiger partial charge in [0, 0.05) is 13.5 Å². The van der Waals surface area contributed by atoms with E-state index in [4.69, 9.17) is 0 Å². The Morgan fingerprint density at radius 2 is 2.12 bits per heavy atom. The van der Waals surface area contributed by atoms with E-state index in [1.807, 2.05) is 0 Å². The first-order valence-corrected chi connectivity index (χ1v) is 5.01. The van der Waals surface area contributed by atoms with E-state index >= 15 is 0 Å². The van der Waals surface area contributed by atoms with Gasteiger partial charge >= 0.3 is 0 Å². The van der Waals surface area contributed by atoms with Crippen LogP contribution in [0.2, 0.25) is 0 Å². The molecule has 0 aromatic heterocycles. The smallest absolute Gasteiger partial charge is 0.216 e. The zero-order chi connectivity index (χ0) is 13.0. The van der Waals surface area contributed by atoms with Crippen molar-refractivity contribution in [1.29, 1.82) is 0 Å². The fourth-order valence-electron chi connectivity index (χ4n) is 1.37. The largest absolute Gasteiger partial charge is 0.507 e. The fourth-order valence-corrected chi connectivity index (χ4v) is 1.37. The molecule has 0 radical (unpaired) electrons. The number of hydrogen-bond acceptors (Lipinski definition) is 4. The fraction of sp³-hybridized carbons (Fsp3) is 0.364. The maximum absolute atomic E-state index is 13.3. The molecule has 0 aliphatic heterocycles. The molecule has 0 bridgehead atoms. The molecular weight excluding hydrogens is 229 g/mol. The van der Waals surface area contributed by atoms with Crippen LogP contribution in [-0.4, -0.2) is 33.9 Å². The van der Waals surface area contributed by atoms with Crippen molar-refractivity contribution in [2.75, 3.05) is 6.54 Å². The Morgan fingerprint density at radius 1 is 1.47 bits per heavy atom. The molecule has 0 saturated carbocycles. The quantitative estimate of drug-likeness (QED) is 0.602. The summed E-state index contributed by atoms with van der Waals surface area (Å²) in [6.07, 6.45) is -3.01. The summed E-state index contributed by atoms with van der Waals surface area (Å²) in [7, 11) is 0. The number of amides is 1. The molecule has 0 spiro atoms. The van der Waals surface area contributed by atoms with Gasteiger partial charge < -0.3 is 20.6 Å². The molecule has 6 heteroatoms. The van der Waals surface area contributed by atoms with Gasteiger partial charge in [-0.05, 0) is 12.1 Å². The van der Waals surface area contributed by atoms with Crippen LogP contribution in [0.3, 0.4) is 0 Å². The van der Waals surface area contributed by atoms with Crippen molar-refractivity contribution in [3.05, 3.63) is 29.6 Å². The molecule has 0 aliphatic rings. The Labute approximate surface area is 97.5 Å². The van der Waals surface area contributed by atoms with Crippen molar-refractivity contribution >= 4 is 5.91 Å². The van der Waals surface area contributed by atoms with Gasteiger partial charge in [0.25, 0.3) is 0 Å². The number of aliphatic hydroxyl groups excluding tert-OH is 2. The highest BCUT2D eigenvalue weighted by Gasteiger charge is 2.24. The molecule has 1 aromatic carbocycles. The number of aliphatic hydroxyl groups is 2. The van der Waals surface area contributed by atoms with E-state index in [0.717, 1.165) is 6.07 Å². The Morgan fingerprint density at radius 3 is 2.65 bits per heavy atom. The lowest BCUT2D eigenvalue weighted by atomic mass is 10.0. The van der Waals surface area contributed by atoms with Crippen LogP contribution in [0, 0.1) is 5.82 Å². The van der Waals surface area contributed by atoms with Crippen molar-refractivity contribution in [2.45, 2.75) is 19.1 Å². The van der Waals surface area contributed by atoms with Crippen LogP contribution in [0.1, 0.15) is 18.6 Å². The van der Waals surface area contributed by atoms with E-state index in [-0.39, 0.29) is 18.0 Å². The van der Waals surface area contributed by atoms with E-state index in [0.29, 0.717) is 0 Å². The van der Waals surface area contributed by atoms with Crippen molar-refractivity contribution in [1.82, 2.24) is 5.32 Å². The average Bonchev–Trinajstić information content (AvgIpc) is 2.25.